The van der Waals surface area contributed by atoms with Gasteiger partial charge in [0.2, 0.25) is 11.8 Å². The fourth-order valence-electron chi connectivity index (χ4n) is 1.82. The van der Waals surface area contributed by atoms with Gasteiger partial charge in [-0.1, -0.05) is 11.8 Å². The number of nitrogens with one attached hydrogen (secondary N) is 1. The van der Waals surface area contributed by atoms with Crippen molar-refractivity contribution in [3.63, 3.8) is 0 Å². The van der Waals surface area contributed by atoms with Gasteiger partial charge in [-0.05, 0) is 24.3 Å². The summed E-state index contributed by atoms with van der Waals surface area (Å²) in [6.45, 7) is 0. The standard InChI is InChI=1S/C13H15N3O3S/c1-14-13-16(2)12(19)10(20-13)7-11(18)15-8-3-5-9(17)6-4-8/h3-6,10,17H,7H2,1-2H3,(H,15,18). The van der Waals surface area contributed by atoms with Crippen molar-refractivity contribution in [1.29, 1.82) is 0 Å². The smallest absolute Gasteiger partial charge is 0.242 e. The van der Waals surface area contributed by atoms with E-state index < -0.39 is 5.25 Å². The zero-order valence-corrected chi connectivity index (χ0v) is 12.0. The van der Waals surface area contributed by atoms with Crippen LogP contribution in [0.1, 0.15) is 6.42 Å². The van der Waals surface area contributed by atoms with Gasteiger partial charge in [-0.25, -0.2) is 0 Å². The maximum absolute atomic E-state index is 11.9. The molecule has 7 heteroatoms. The number of phenols is 1. The van der Waals surface area contributed by atoms with E-state index in [1.807, 2.05) is 0 Å². The van der Waals surface area contributed by atoms with Gasteiger partial charge in [-0.2, -0.15) is 0 Å². The van der Waals surface area contributed by atoms with Gasteiger partial charge in [0.1, 0.15) is 11.0 Å². The Balaban J connectivity index is 1.95. The number of rotatable bonds is 3. The van der Waals surface area contributed by atoms with E-state index in [0.29, 0.717) is 10.9 Å². The van der Waals surface area contributed by atoms with Crippen LogP contribution in [0.4, 0.5) is 5.69 Å². The molecule has 0 aromatic heterocycles. The number of amides is 2. The zero-order valence-electron chi connectivity index (χ0n) is 11.2. The van der Waals surface area contributed by atoms with Crippen LogP contribution in [-0.4, -0.2) is 46.3 Å². The largest absolute Gasteiger partial charge is 0.508 e. The molecule has 2 amide bonds. The molecule has 1 heterocycles. The molecule has 1 fully saturated rings. The molecule has 1 aliphatic rings. The highest BCUT2D eigenvalue weighted by Crippen LogP contribution is 2.28. The lowest BCUT2D eigenvalue weighted by molar-refractivity contribution is -0.127. The minimum Gasteiger partial charge on any atom is -0.508 e. The molecule has 0 bridgehead atoms. The first-order chi connectivity index (χ1) is 9.51. The number of phenolic OH excluding ortho intramolecular Hbond substituents is 1. The molecule has 1 aromatic rings. The second kappa shape index (κ2) is 5.96. The Labute approximate surface area is 120 Å². The van der Waals surface area contributed by atoms with Crippen molar-refractivity contribution < 1.29 is 14.7 Å². The number of aliphatic imine (C=N–C) groups is 1. The fourth-order valence-corrected chi connectivity index (χ4v) is 2.93. The van der Waals surface area contributed by atoms with Crippen molar-refractivity contribution >= 4 is 34.4 Å². The van der Waals surface area contributed by atoms with Crippen molar-refractivity contribution in [3.8, 4) is 5.75 Å². The number of hydrogen-bond acceptors (Lipinski definition) is 5. The average molecular weight is 293 g/mol. The Kier molecular flexibility index (Phi) is 4.29. The van der Waals surface area contributed by atoms with Crippen LogP contribution in [0.25, 0.3) is 0 Å². The van der Waals surface area contributed by atoms with Gasteiger partial charge in [-0.15, -0.1) is 0 Å². The number of carbonyl (C=O) groups excluding carboxylic acids is 2. The summed E-state index contributed by atoms with van der Waals surface area (Å²) in [6.07, 6.45) is 0.0910. The summed E-state index contributed by atoms with van der Waals surface area (Å²) < 4.78 is 0. The normalized spacial score (nSPS) is 20.5. The average Bonchev–Trinajstić information content (AvgIpc) is 2.69. The first-order valence-electron chi connectivity index (χ1n) is 6.01. The Morgan fingerprint density at radius 1 is 1.45 bits per heavy atom. The summed E-state index contributed by atoms with van der Waals surface area (Å²) in [4.78, 5) is 29.3. The number of thioether (sulfide) groups is 1. The number of hydrogen-bond donors (Lipinski definition) is 2. The molecule has 1 aliphatic heterocycles. The highest BCUT2D eigenvalue weighted by molar-refractivity contribution is 8.15. The van der Waals surface area contributed by atoms with Crippen molar-refractivity contribution in [2.24, 2.45) is 4.99 Å². The van der Waals surface area contributed by atoms with Crippen LogP contribution in [0.3, 0.4) is 0 Å². The van der Waals surface area contributed by atoms with Gasteiger partial charge >= 0.3 is 0 Å². The third-order valence-electron chi connectivity index (χ3n) is 2.85. The number of nitrogens with zero attached hydrogens (tertiary/aromatic N) is 2. The quantitative estimate of drug-likeness (QED) is 0.823. The Hall–Kier alpha value is -2.02. The SMILES string of the molecule is CN=C1SC(CC(=O)Nc2ccc(O)cc2)C(=O)N1C. The minimum atomic E-state index is -0.434. The molecule has 1 saturated heterocycles. The Morgan fingerprint density at radius 2 is 2.10 bits per heavy atom. The molecule has 0 radical (unpaired) electrons. The maximum atomic E-state index is 11.9. The highest BCUT2D eigenvalue weighted by atomic mass is 32.2. The van der Waals surface area contributed by atoms with Gasteiger partial charge in [0.25, 0.3) is 0 Å². The van der Waals surface area contributed by atoms with Crippen LogP contribution in [0.2, 0.25) is 0 Å². The summed E-state index contributed by atoms with van der Waals surface area (Å²) >= 11 is 1.29. The monoisotopic (exact) mass is 293 g/mol. The second-order valence-corrected chi connectivity index (χ2v) is 5.48. The Morgan fingerprint density at radius 3 is 2.65 bits per heavy atom. The minimum absolute atomic E-state index is 0.0910. The van der Waals surface area contributed by atoms with Gasteiger partial charge in [0.05, 0.1) is 0 Å². The third kappa shape index (κ3) is 3.11. The van der Waals surface area contributed by atoms with E-state index in [1.165, 1.54) is 28.8 Å². The predicted molar refractivity (Wildman–Crippen MR) is 78.9 cm³/mol. The molecule has 0 saturated carbocycles. The molecule has 0 aliphatic carbocycles. The van der Waals surface area contributed by atoms with Crippen molar-refractivity contribution in [2.45, 2.75) is 11.7 Å². The number of carbonyl (C=O) groups is 2. The molecule has 20 heavy (non-hydrogen) atoms. The van der Waals surface area contributed by atoms with Crippen LogP contribution >= 0.6 is 11.8 Å². The summed E-state index contributed by atoms with van der Waals surface area (Å²) in [5, 5.41) is 12.0. The Bertz CT molecular complexity index is 556. The van der Waals surface area contributed by atoms with Gasteiger partial charge in [0.15, 0.2) is 5.17 Å². The molecule has 1 aromatic carbocycles. The summed E-state index contributed by atoms with van der Waals surface area (Å²) in [5.74, 6) is -0.223. The van der Waals surface area contributed by atoms with Gasteiger partial charge < -0.3 is 10.4 Å². The summed E-state index contributed by atoms with van der Waals surface area (Å²) in [6, 6.07) is 6.17. The third-order valence-corrected chi connectivity index (χ3v) is 4.17. The van der Waals surface area contributed by atoms with E-state index in [9.17, 15) is 9.59 Å². The lowest BCUT2D eigenvalue weighted by Gasteiger charge is -2.09. The zero-order chi connectivity index (χ0) is 14.7. The molecular weight excluding hydrogens is 278 g/mol. The highest BCUT2D eigenvalue weighted by Gasteiger charge is 2.36. The molecule has 2 rings (SSSR count). The topological polar surface area (TPSA) is 82.0 Å². The molecule has 6 nitrogen and oxygen atoms in total. The fraction of sp³-hybridized carbons (Fsp3) is 0.308. The van der Waals surface area contributed by atoms with Crippen molar-refractivity contribution in [1.82, 2.24) is 4.90 Å². The lowest BCUT2D eigenvalue weighted by Crippen LogP contribution is -2.30. The molecule has 0 spiro atoms. The molecule has 2 N–H and O–H groups in total. The molecule has 1 unspecified atom stereocenters. The molecule has 106 valence electrons. The number of aromatic hydroxyl groups is 1. The second-order valence-electron chi connectivity index (χ2n) is 4.31. The van der Waals surface area contributed by atoms with Crippen LogP contribution < -0.4 is 5.32 Å². The van der Waals surface area contributed by atoms with Crippen LogP contribution in [0.5, 0.6) is 5.75 Å². The van der Waals surface area contributed by atoms with Crippen molar-refractivity contribution in [3.05, 3.63) is 24.3 Å². The molecular formula is C13H15N3O3S. The summed E-state index contributed by atoms with van der Waals surface area (Å²) in [5.41, 5.74) is 0.584. The van der Waals surface area contributed by atoms with E-state index in [2.05, 4.69) is 10.3 Å². The van der Waals surface area contributed by atoms with E-state index in [-0.39, 0.29) is 24.0 Å². The maximum Gasteiger partial charge on any atom is 0.242 e. The number of amidine groups is 1. The van der Waals surface area contributed by atoms with Gasteiger partial charge in [0, 0.05) is 26.2 Å². The first-order valence-corrected chi connectivity index (χ1v) is 6.89. The van der Waals surface area contributed by atoms with E-state index in [1.54, 1.807) is 26.2 Å². The van der Waals surface area contributed by atoms with Gasteiger partial charge in [-0.3, -0.25) is 19.5 Å². The predicted octanol–water partition coefficient (Wildman–Crippen LogP) is 1.28. The summed E-state index contributed by atoms with van der Waals surface area (Å²) in [7, 11) is 3.26. The molecule has 1 atom stereocenters. The van der Waals surface area contributed by atoms with E-state index >= 15 is 0 Å². The number of anilines is 1. The van der Waals surface area contributed by atoms with Crippen molar-refractivity contribution in [2.75, 3.05) is 19.4 Å². The number of benzene rings is 1. The van der Waals surface area contributed by atoms with E-state index in [0.717, 1.165) is 0 Å². The van der Waals surface area contributed by atoms with Crippen LogP contribution in [-0.2, 0) is 9.59 Å². The first kappa shape index (κ1) is 14.4. The van der Waals surface area contributed by atoms with E-state index in [4.69, 9.17) is 5.11 Å². The van der Waals surface area contributed by atoms with Crippen LogP contribution in [0.15, 0.2) is 29.3 Å². The van der Waals surface area contributed by atoms with Crippen LogP contribution in [0, 0.1) is 0 Å². The lowest BCUT2D eigenvalue weighted by atomic mass is 10.2.